The molecule has 23 heavy (non-hydrogen) atoms. The number of nitro groups is 1. The first-order chi connectivity index (χ1) is 10.9. The van der Waals surface area contributed by atoms with E-state index in [-0.39, 0.29) is 22.4 Å². The van der Waals surface area contributed by atoms with Crippen molar-refractivity contribution in [2.24, 2.45) is 0 Å². The zero-order valence-electron chi connectivity index (χ0n) is 12.0. The van der Waals surface area contributed by atoms with E-state index in [4.69, 9.17) is 16.3 Å². The van der Waals surface area contributed by atoms with Crippen LogP contribution in [0.15, 0.2) is 46.9 Å². The van der Waals surface area contributed by atoms with Gasteiger partial charge in [0.25, 0.3) is 11.6 Å². The van der Waals surface area contributed by atoms with Gasteiger partial charge in [-0.15, -0.1) is 0 Å². The second-order valence-electron chi connectivity index (χ2n) is 4.63. The van der Waals surface area contributed by atoms with E-state index < -0.39 is 11.0 Å². The van der Waals surface area contributed by atoms with Crippen molar-refractivity contribution in [2.75, 3.05) is 5.32 Å². The van der Waals surface area contributed by atoms with E-state index in [2.05, 4.69) is 21.2 Å². The lowest BCUT2D eigenvalue weighted by molar-refractivity contribution is -0.384. The molecule has 0 bridgehead atoms. The van der Waals surface area contributed by atoms with Crippen molar-refractivity contribution in [3.63, 3.8) is 0 Å². The van der Waals surface area contributed by atoms with Gasteiger partial charge < -0.3 is 10.1 Å². The Kier molecular flexibility index (Phi) is 5.57. The normalized spacial score (nSPS) is 11.6. The highest BCUT2D eigenvalue weighted by atomic mass is 79.9. The van der Waals surface area contributed by atoms with Crippen LogP contribution in [-0.4, -0.2) is 16.9 Å². The van der Waals surface area contributed by atoms with Crippen molar-refractivity contribution in [3.8, 4) is 5.75 Å². The van der Waals surface area contributed by atoms with Gasteiger partial charge in [-0.25, -0.2) is 0 Å². The third-order valence-corrected chi connectivity index (χ3v) is 3.68. The second-order valence-corrected chi connectivity index (χ2v) is 5.95. The molecule has 0 radical (unpaired) electrons. The van der Waals surface area contributed by atoms with E-state index in [1.807, 2.05) is 6.07 Å². The largest absolute Gasteiger partial charge is 0.479 e. The molecule has 0 aliphatic heterocycles. The van der Waals surface area contributed by atoms with Crippen LogP contribution in [0.2, 0.25) is 5.02 Å². The van der Waals surface area contributed by atoms with Crippen molar-refractivity contribution in [1.29, 1.82) is 0 Å². The zero-order valence-corrected chi connectivity index (χ0v) is 14.3. The van der Waals surface area contributed by atoms with Crippen LogP contribution in [0.5, 0.6) is 5.75 Å². The van der Waals surface area contributed by atoms with Gasteiger partial charge in [-0.2, -0.15) is 0 Å². The Balaban J connectivity index is 2.05. The number of amides is 1. The highest BCUT2D eigenvalue weighted by molar-refractivity contribution is 9.10. The molecule has 8 heteroatoms. The molecule has 2 aromatic rings. The molecule has 1 N–H and O–H groups in total. The van der Waals surface area contributed by atoms with Crippen LogP contribution in [0, 0.1) is 10.1 Å². The van der Waals surface area contributed by atoms with Gasteiger partial charge in [0.1, 0.15) is 5.75 Å². The Labute approximate surface area is 145 Å². The number of hydrogen-bond donors (Lipinski definition) is 1. The molecule has 0 saturated heterocycles. The van der Waals surface area contributed by atoms with Gasteiger partial charge in [0.15, 0.2) is 6.10 Å². The number of carbonyl (C=O) groups is 1. The predicted molar refractivity (Wildman–Crippen MR) is 91.0 cm³/mol. The number of halogens is 2. The Morgan fingerprint density at radius 2 is 2.09 bits per heavy atom. The van der Waals surface area contributed by atoms with E-state index in [1.165, 1.54) is 18.2 Å². The molecule has 0 aromatic heterocycles. The zero-order chi connectivity index (χ0) is 17.0. The molecular weight excluding hydrogens is 388 g/mol. The molecule has 0 fully saturated rings. The van der Waals surface area contributed by atoms with Crippen molar-refractivity contribution in [3.05, 3.63) is 62.1 Å². The number of nitro benzene ring substituents is 1. The average Bonchev–Trinajstić information content (AvgIpc) is 2.49. The molecule has 0 aliphatic carbocycles. The lowest BCUT2D eigenvalue weighted by Crippen LogP contribution is -2.30. The lowest BCUT2D eigenvalue weighted by atomic mass is 10.3. The van der Waals surface area contributed by atoms with Crippen LogP contribution >= 0.6 is 27.5 Å². The van der Waals surface area contributed by atoms with Gasteiger partial charge in [0.2, 0.25) is 0 Å². The second kappa shape index (κ2) is 7.43. The topological polar surface area (TPSA) is 81.5 Å². The Morgan fingerprint density at radius 1 is 1.35 bits per heavy atom. The summed E-state index contributed by atoms with van der Waals surface area (Å²) in [4.78, 5) is 22.2. The summed E-state index contributed by atoms with van der Waals surface area (Å²) >= 11 is 9.25. The molecule has 1 atom stereocenters. The van der Waals surface area contributed by atoms with Gasteiger partial charge in [-0.05, 0) is 31.2 Å². The van der Waals surface area contributed by atoms with E-state index in [0.717, 1.165) is 4.47 Å². The number of benzene rings is 2. The maximum atomic E-state index is 12.1. The monoisotopic (exact) mass is 398 g/mol. The van der Waals surface area contributed by atoms with E-state index >= 15 is 0 Å². The molecule has 6 nitrogen and oxygen atoms in total. The minimum absolute atomic E-state index is 0.0707. The van der Waals surface area contributed by atoms with Crippen molar-refractivity contribution >= 4 is 44.8 Å². The minimum Gasteiger partial charge on any atom is -0.479 e. The quantitative estimate of drug-likeness (QED) is 0.596. The first-order valence-corrected chi connectivity index (χ1v) is 7.71. The number of nitrogens with one attached hydrogen (secondary N) is 1. The SMILES string of the molecule is CC(Oc1ccc([N+](=O)[O-])cc1Cl)C(=O)Nc1cccc(Br)c1. The van der Waals surface area contributed by atoms with Crippen LogP contribution < -0.4 is 10.1 Å². The highest BCUT2D eigenvalue weighted by Crippen LogP contribution is 2.29. The lowest BCUT2D eigenvalue weighted by Gasteiger charge is -2.15. The van der Waals surface area contributed by atoms with E-state index in [9.17, 15) is 14.9 Å². The summed E-state index contributed by atoms with van der Waals surface area (Å²) in [6, 6.07) is 10.9. The number of rotatable bonds is 5. The maximum Gasteiger partial charge on any atom is 0.271 e. The van der Waals surface area contributed by atoms with Crippen molar-refractivity contribution in [2.45, 2.75) is 13.0 Å². The number of anilines is 1. The average molecular weight is 400 g/mol. The molecule has 1 unspecified atom stereocenters. The fraction of sp³-hybridized carbons (Fsp3) is 0.133. The minimum atomic E-state index is -0.826. The summed E-state index contributed by atoms with van der Waals surface area (Å²) in [5.74, 6) is -0.160. The maximum absolute atomic E-state index is 12.1. The van der Waals surface area contributed by atoms with Crippen LogP contribution in [0.25, 0.3) is 0 Å². The summed E-state index contributed by atoms with van der Waals surface area (Å²) in [6.07, 6.45) is -0.826. The van der Waals surface area contributed by atoms with Gasteiger partial charge in [0.05, 0.1) is 9.95 Å². The van der Waals surface area contributed by atoms with Crippen molar-refractivity contribution < 1.29 is 14.5 Å². The fourth-order valence-corrected chi connectivity index (χ4v) is 2.37. The van der Waals surface area contributed by atoms with Crippen LogP contribution in [0.1, 0.15) is 6.92 Å². The molecule has 2 aromatic carbocycles. The Morgan fingerprint density at radius 3 is 2.70 bits per heavy atom. The van der Waals surface area contributed by atoms with Gasteiger partial charge in [0, 0.05) is 22.3 Å². The molecule has 0 spiro atoms. The van der Waals surface area contributed by atoms with Crippen LogP contribution in [0.4, 0.5) is 11.4 Å². The van der Waals surface area contributed by atoms with Gasteiger partial charge in [-0.1, -0.05) is 33.6 Å². The molecule has 2 rings (SSSR count). The van der Waals surface area contributed by atoms with Gasteiger partial charge >= 0.3 is 0 Å². The number of hydrogen-bond acceptors (Lipinski definition) is 4. The highest BCUT2D eigenvalue weighted by Gasteiger charge is 2.18. The van der Waals surface area contributed by atoms with E-state index in [1.54, 1.807) is 25.1 Å². The number of ether oxygens (including phenoxy) is 1. The van der Waals surface area contributed by atoms with Crippen LogP contribution in [0.3, 0.4) is 0 Å². The first kappa shape index (κ1) is 17.2. The fourth-order valence-electron chi connectivity index (χ4n) is 1.75. The third kappa shape index (κ3) is 4.67. The van der Waals surface area contributed by atoms with Crippen molar-refractivity contribution in [1.82, 2.24) is 0 Å². The molecule has 0 aliphatic rings. The molecule has 0 saturated carbocycles. The Bertz CT molecular complexity index is 754. The van der Waals surface area contributed by atoms with E-state index in [0.29, 0.717) is 5.69 Å². The summed E-state index contributed by atoms with van der Waals surface area (Å²) in [6.45, 7) is 1.56. The smallest absolute Gasteiger partial charge is 0.271 e. The predicted octanol–water partition coefficient (Wildman–Crippen LogP) is 4.42. The van der Waals surface area contributed by atoms with Crippen LogP contribution in [-0.2, 0) is 4.79 Å². The summed E-state index contributed by atoms with van der Waals surface area (Å²) < 4.78 is 6.30. The molecular formula is C15H12BrClN2O4. The number of carbonyl (C=O) groups excluding carboxylic acids is 1. The standard InChI is InChI=1S/C15H12BrClN2O4/c1-9(15(20)18-11-4-2-3-10(16)7-11)23-14-6-5-12(19(21)22)8-13(14)17/h2-9H,1H3,(H,18,20). The third-order valence-electron chi connectivity index (χ3n) is 2.89. The molecule has 0 heterocycles. The summed E-state index contributed by atoms with van der Waals surface area (Å²) in [5.41, 5.74) is 0.475. The number of non-ortho nitro benzene ring substituents is 1. The van der Waals surface area contributed by atoms with Gasteiger partial charge in [-0.3, -0.25) is 14.9 Å². The first-order valence-electron chi connectivity index (χ1n) is 6.54. The molecule has 120 valence electrons. The molecule has 1 amide bonds. The summed E-state index contributed by atoms with van der Waals surface area (Å²) in [7, 11) is 0. The Hall–Kier alpha value is -2.12. The number of nitrogens with zero attached hydrogens (tertiary/aromatic N) is 1. The summed E-state index contributed by atoms with van der Waals surface area (Å²) in [5, 5.41) is 13.4.